The number of rotatable bonds is 3. The Bertz CT molecular complexity index is 217. The highest BCUT2D eigenvalue weighted by atomic mass is 16.5. The van der Waals surface area contributed by atoms with Crippen molar-refractivity contribution in [3.05, 3.63) is 0 Å². The van der Waals surface area contributed by atoms with E-state index in [0.717, 1.165) is 32.7 Å². The quantitative estimate of drug-likeness (QED) is 0.768. The lowest BCUT2D eigenvalue weighted by atomic mass is 9.88. The Morgan fingerprint density at radius 3 is 3.00 bits per heavy atom. The van der Waals surface area contributed by atoms with Crippen LogP contribution in [0.5, 0.6) is 0 Å². The second kappa shape index (κ2) is 5.45. The smallest absolute Gasteiger partial charge is 0.0698 e. The summed E-state index contributed by atoms with van der Waals surface area (Å²) >= 11 is 0. The van der Waals surface area contributed by atoms with Crippen molar-refractivity contribution in [3.63, 3.8) is 0 Å². The highest BCUT2D eigenvalue weighted by molar-refractivity contribution is 4.96. The maximum atomic E-state index is 5.99. The number of piperidine rings is 1. The maximum Gasteiger partial charge on any atom is 0.0698 e. The third kappa shape index (κ3) is 2.40. The molecule has 2 aliphatic heterocycles. The molecule has 0 saturated carbocycles. The van der Waals surface area contributed by atoms with Crippen LogP contribution in [0.15, 0.2) is 0 Å². The fourth-order valence-corrected chi connectivity index (χ4v) is 2.94. The molecule has 2 atom stereocenters. The first-order chi connectivity index (χ1) is 7.80. The van der Waals surface area contributed by atoms with Gasteiger partial charge >= 0.3 is 0 Å². The van der Waals surface area contributed by atoms with Gasteiger partial charge in [0.05, 0.1) is 18.2 Å². The fraction of sp³-hybridized carbons (Fsp3) is 1.00. The Morgan fingerprint density at radius 1 is 1.50 bits per heavy atom. The molecule has 0 bridgehead atoms. The summed E-state index contributed by atoms with van der Waals surface area (Å²) in [7, 11) is 1.81. The van der Waals surface area contributed by atoms with Crippen molar-refractivity contribution in [2.24, 2.45) is 5.73 Å². The Hall–Kier alpha value is -0.160. The van der Waals surface area contributed by atoms with Crippen LogP contribution < -0.4 is 5.73 Å². The summed E-state index contributed by atoms with van der Waals surface area (Å²) in [6, 6.07) is 0. The minimum absolute atomic E-state index is 0.0788. The minimum atomic E-state index is 0.0788. The van der Waals surface area contributed by atoms with Gasteiger partial charge in [-0.3, -0.25) is 4.90 Å². The van der Waals surface area contributed by atoms with Gasteiger partial charge in [-0.15, -0.1) is 0 Å². The summed E-state index contributed by atoms with van der Waals surface area (Å²) in [5, 5.41) is 0. The lowest BCUT2D eigenvalue weighted by Crippen LogP contribution is -2.61. The van der Waals surface area contributed by atoms with Gasteiger partial charge < -0.3 is 15.2 Å². The van der Waals surface area contributed by atoms with Gasteiger partial charge in [-0.1, -0.05) is 0 Å². The molecule has 0 aromatic heterocycles. The monoisotopic (exact) mass is 228 g/mol. The highest BCUT2D eigenvalue weighted by Gasteiger charge is 2.39. The SMILES string of the molecule is COC1CCCN(C2(CN)CCCOC2)C1. The molecule has 0 aromatic carbocycles. The maximum absolute atomic E-state index is 5.99. The van der Waals surface area contributed by atoms with Gasteiger partial charge in [0.15, 0.2) is 0 Å². The van der Waals surface area contributed by atoms with Gasteiger partial charge in [-0.25, -0.2) is 0 Å². The molecule has 16 heavy (non-hydrogen) atoms. The lowest BCUT2D eigenvalue weighted by Gasteiger charge is -2.48. The van der Waals surface area contributed by atoms with Crippen LogP contribution in [-0.4, -0.2) is 56.5 Å². The molecular weight excluding hydrogens is 204 g/mol. The Kier molecular flexibility index (Phi) is 4.19. The molecule has 0 spiro atoms. The second-order valence-corrected chi connectivity index (χ2v) is 5.03. The summed E-state index contributed by atoms with van der Waals surface area (Å²) in [4.78, 5) is 2.50. The van der Waals surface area contributed by atoms with Crippen LogP contribution in [0.3, 0.4) is 0 Å². The standard InChI is InChI=1S/C12H24N2O2/c1-15-11-4-2-6-14(8-11)12(9-13)5-3-7-16-10-12/h11H,2-10,13H2,1H3. The first-order valence-electron chi connectivity index (χ1n) is 6.36. The third-order valence-electron chi connectivity index (χ3n) is 4.06. The fourth-order valence-electron chi connectivity index (χ4n) is 2.94. The minimum Gasteiger partial charge on any atom is -0.380 e. The Labute approximate surface area is 98.1 Å². The van der Waals surface area contributed by atoms with E-state index in [9.17, 15) is 0 Å². The zero-order valence-corrected chi connectivity index (χ0v) is 10.3. The molecule has 0 amide bonds. The number of methoxy groups -OCH3 is 1. The van der Waals surface area contributed by atoms with Crippen LogP contribution in [0.1, 0.15) is 25.7 Å². The molecule has 0 aromatic rings. The van der Waals surface area contributed by atoms with Crippen molar-refractivity contribution in [3.8, 4) is 0 Å². The normalized spacial score (nSPS) is 37.5. The average Bonchev–Trinajstić information content (AvgIpc) is 2.39. The van der Waals surface area contributed by atoms with Gasteiger partial charge in [0.2, 0.25) is 0 Å². The van der Waals surface area contributed by atoms with Gasteiger partial charge in [0, 0.05) is 26.8 Å². The Balaban J connectivity index is 2.01. The molecule has 2 aliphatic rings. The van der Waals surface area contributed by atoms with E-state index in [4.69, 9.17) is 15.2 Å². The van der Waals surface area contributed by atoms with Gasteiger partial charge in [0.1, 0.15) is 0 Å². The molecule has 2 heterocycles. The summed E-state index contributed by atoms with van der Waals surface area (Å²) < 4.78 is 11.1. The molecule has 2 N–H and O–H groups in total. The molecule has 2 unspecified atom stereocenters. The van der Waals surface area contributed by atoms with Crippen LogP contribution in [0, 0.1) is 0 Å². The topological polar surface area (TPSA) is 47.7 Å². The molecule has 94 valence electrons. The van der Waals surface area contributed by atoms with Crippen LogP contribution in [0.25, 0.3) is 0 Å². The van der Waals surface area contributed by atoms with Crippen LogP contribution >= 0.6 is 0 Å². The average molecular weight is 228 g/mol. The molecular formula is C12H24N2O2. The van der Waals surface area contributed by atoms with Crippen molar-refractivity contribution in [2.75, 3.05) is 40.0 Å². The summed E-state index contributed by atoms with van der Waals surface area (Å²) in [6.45, 7) is 4.53. The largest absolute Gasteiger partial charge is 0.380 e. The van der Waals surface area contributed by atoms with E-state index < -0.39 is 0 Å². The van der Waals surface area contributed by atoms with Crippen molar-refractivity contribution in [1.29, 1.82) is 0 Å². The number of ether oxygens (including phenoxy) is 2. The van der Waals surface area contributed by atoms with Gasteiger partial charge in [0.25, 0.3) is 0 Å². The molecule has 4 heteroatoms. The van der Waals surface area contributed by atoms with Crippen molar-refractivity contribution in [1.82, 2.24) is 4.90 Å². The Morgan fingerprint density at radius 2 is 2.38 bits per heavy atom. The molecule has 0 aliphatic carbocycles. The number of hydrogen-bond acceptors (Lipinski definition) is 4. The van der Waals surface area contributed by atoms with Crippen LogP contribution in [0.2, 0.25) is 0 Å². The van der Waals surface area contributed by atoms with E-state index in [1.54, 1.807) is 7.11 Å². The molecule has 4 nitrogen and oxygen atoms in total. The van der Waals surface area contributed by atoms with E-state index in [1.165, 1.54) is 19.3 Å². The van der Waals surface area contributed by atoms with Crippen molar-refractivity contribution >= 4 is 0 Å². The van der Waals surface area contributed by atoms with E-state index in [-0.39, 0.29) is 5.54 Å². The molecule has 0 radical (unpaired) electrons. The van der Waals surface area contributed by atoms with E-state index in [0.29, 0.717) is 12.6 Å². The highest BCUT2D eigenvalue weighted by Crippen LogP contribution is 2.29. The van der Waals surface area contributed by atoms with E-state index >= 15 is 0 Å². The van der Waals surface area contributed by atoms with Crippen molar-refractivity contribution < 1.29 is 9.47 Å². The molecule has 2 fully saturated rings. The van der Waals surface area contributed by atoms with Gasteiger partial charge in [-0.05, 0) is 32.2 Å². The zero-order valence-electron chi connectivity index (χ0n) is 10.3. The summed E-state index contributed by atoms with van der Waals surface area (Å²) in [5.41, 5.74) is 6.07. The number of nitrogens with zero attached hydrogens (tertiary/aromatic N) is 1. The molecule has 2 rings (SSSR count). The summed E-state index contributed by atoms with van der Waals surface area (Å²) in [5.74, 6) is 0. The van der Waals surface area contributed by atoms with Crippen molar-refractivity contribution in [2.45, 2.75) is 37.3 Å². The lowest BCUT2D eigenvalue weighted by molar-refractivity contribution is -0.0784. The number of nitrogens with two attached hydrogens (primary N) is 1. The predicted molar refractivity (Wildman–Crippen MR) is 63.4 cm³/mol. The molecule has 2 saturated heterocycles. The number of hydrogen-bond donors (Lipinski definition) is 1. The predicted octanol–water partition coefficient (Wildman–Crippen LogP) is 0.605. The van der Waals surface area contributed by atoms with E-state index in [1.807, 2.05) is 0 Å². The van der Waals surface area contributed by atoms with Crippen LogP contribution in [-0.2, 0) is 9.47 Å². The second-order valence-electron chi connectivity index (χ2n) is 5.03. The van der Waals surface area contributed by atoms with Gasteiger partial charge in [-0.2, -0.15) is 0 Å². The third-order valence-corrected chi connectivity index (χ3v) is 4.06. The zero-order chi connectivity index (χ0) is 11.4. The van der Waals surface area contributed by atoms with E-state index in [2.05, 4.69) is 4.90 Å². The first-order valence-corrected chi connectivity index (χ1v) is 6.36. The summed E-state index contributed by atoms with van der Waals surface area (Å²) in [6.07, 6.45) is 5.05. The number of likely N-dealkylation sites (tertiary alicyclic amines) is 1. The van der Waals surface area contributed by atoms with Crippen LogP contribution in [0.4, 0.5) is 0 Å². The first kappa shape index (κ1) is 12.3.